The van der Waals surface area contributed by atoms with Crippen LogP contribution in [-0.4, -0.2) is 49.7 Å². The normalized spacial score (nSPS) is 15.4. The maximum absolute atomic E-state index is 13.9. The van der Waals surface area contributed by atoms with Gasteiger partial charge >= 0.3 is 0 Å². The average molecular weight is 408 g/mol. The van der Waals surface area contributed by atoms with Gasteiger partial charge in [0.25, 0.3) is 5.91 Å². The third-order valence-electron chi connectivity index (χ3n) is 4.31. The largest absolute Gasteiger partial charge is 0.336 e. The van der Waals surface area contributed by atoms with Crippen molar-refractivity contribution in [2.45, 2.75) is 4.90 Å². The summed E-state index contributed by atoms with van der Waals surface area (Å²) in [6.45, 7) is 0.465. The monoisotopic (exact) mass is 407 g/mol. The molecule has 1 aliphatic heterocycles. The first-order valence-electron chi connectivity index (χ1n) is 8.07. The minimum absolute atomic E-state index is 0.0853. The summed E-state index contributed by atoms with van der Waals surface area (Å²) in [5.41, 5.74) is 0.235. The number of carbonyl (C=O) groups is 1. The Morgan fingerprint density at radius 2 is 1.70 bits per heavy atom. The van der Waals surface area contributed by atoms with E-state index in [4.69, 9.17) is 16.9 Å². The molecule has 0 radical (unpaired) electrons. The van der Waals surface area contributed by atoms with Gasteiger partial charge in [-0.2, -0.15) is 9.57 Å². The lowest BCUT2D eigenvalue weighted by atomic mass is 10.1. The van der Waals surface area contributed by atoms with Crippen LogP contribution in [0.3, 0.4) is 0 Å². The van der Waals surface area contributed by atoms with Crippen LogP contribution in [0.2, 0.25) is 5.02 Å². The number of piperazine rings is 1. The molecule has 0 spiro atoms. The third kappa shape index (κ3) is 3.95. The molecule has 1 fully saturated rings. The number of amides is 1. The number of rotatable bonds is 3. The molecule has 9 heteroatoms. The van der Waals surface area contributed by atoms with Crippen molar-refractivity contribution in [1.29, 1.82) is 5.26 Å². The fourth-order valence-electron chi connectivity index (χ4n) is 2.81. The summed E-state index contributed by atoms with van der Waals surface area (Å²) in [6.07, 6.45) is 0. The highest BCUT2D eigenvalue weighted by atomic mass is 35.5. The molecule has 1 saturated heterocycles. The molecular weight excluding hydrogens is 393 g/mol. The number of hydrogen-bond donors (Lipinski definition) is 0. The highest BCUT2D eigenvalue weighted by Gasteiger charge is 2.31. The van der Waals surface area contributed by atoms with E-state index in [9.17, 15) is 17.6 Å². The minimum atomic E-state index is -3.72. The molecule has 0 unspecified atom stereocenters. The summed E-state index contributed by atoms with van der Waals surface area (Å²) in [5.74, 6) is -1.19. The lowest BCUT2D eigenvalue weighted by molar-refractivity contribution is 0.0693. The van der Waals surface area contributed by atoms with Crippen LogP contribution in [0.25, 0.3) is 0 Å². The van der Waals surface area contributed by atoms with Crippen molar-refractivity contribution in [2.24, 2.45) is 0 Å². The Morgan fingerprint density at radius 3 is 2.30 bits per heavy atom. The second-order valence-corrected chi connectivity index (χ2v) is 8.33. The highest BCUT2D eigenvalue weighted by molar-refractivity contribution is 7.89. The Hall–Kier alpha value is -2.47. The van der Waals surface area contributed by atoms with Crippen LogP contribution in [0, 0.1) is 17.1 Å². The van der Waals surface area contributed by atoms with Gasteiger partial charge in [-0.05, 0) is 42.5 Å². The first-order chi connectivity index (χ1) is 12.8. The molecule has 1 aliphatic rings. The van der Waals surface area contributed by atoms with Crippen molar-refractivity contribution < 1.29 is 17.6 Å². The lowest BCUT2D eigenvalue weighted by Gasteiger charge is -2.34. The number of hydrogen-bond acceptors (Lipinski definition) is 4. The Labute approximate surface area is 161 Å². The maximum atomic E-state index is 13.9. The van der Waals surface area contributed by atoms with Gasteiger partial charge in [0.1, 0.15) is 5.82 Å². The van der Waals surface area contributed by atoms with Crippen molar-refractivity contribution in [3.05, 3.63) is 64.4 Å². The first kappa shape index (κ1) is 19.3. The zero-order chi connectivity index (χ0) is 19.6. The van der Waals surface area contributed by atoms with E-state index in [-0.39, 0.29) is 41.7 Å². The van der Waals surface area contributed by atoms with Crippen LogP contribution >= 0.6 is 11.6 Å². The SMILES string of the molecule is N#Cc1ccc(S(=O)(=O)N2CCN(C(=O)c3cc(Cl)ccc3F)CC2)cc1. The molecule has 140 valence electrons. The lowest BCUT2D eigenvalue weighted by Crippen LogP contribution is -2.50. The van der Waals surface area contributed by atoms with Crippen molar-refractivity contribution in [2.75, 3.05) is 26.2 Å². The molecule has 0 aromatic heterocycles. The van der Waals surface area contributed by atoms with Gasteiger partial charge in [-0.15, -0.1) is 0 Å². The Kier molecular flexibility index (Phi) is 5.46. The van der Waals surface area contributed by atoms with Crippen molar-refractivity contribution in [3.63, 3.8) is 0 Å². The summed E-state index contributed by atoms with van der Waals surface area (Å²) < 4.78 is 40.5. The van der Waals surface area contributed by atoms with E-state index in [1.165, 1.54) is 45.6 Å². The zero-order valence-electron chi connectivity index (χ0n) is 14.1. The fourth-order valence-corrected chi connectivity index (χ4v) is 4.41. The van der Waals surface area contributed by atoms with Gasteiger partial charge in [-0.1, -0.05) is 11.6 Å². The van der Waals surface area contributed by atoms with Crippen molar-refractivity contribution in [3.8, 4) is 6.07 Å². The van der Waals surface area contributed by atoms with Crippen LogP contribution in [0.5, 0.6) is 0 Å². The Balaban J connectivity index is 1.71. The van der Waals surface area contributed by atoms with Crippen LogP contribution in [0.15, 0.2) is 47.4 Å². The van der Waals surface area contributed by atoms with Crippen LogP contribution in [0.1, 0.15) is 15.9 Å². The van der Waals surface area contributed by atoms with Gasteiger partial charge in [-0.3, -0.25) is 4.79 Å². The number of sulfonamides is 1. The van der Waals surface area contributed by atoms with E-state index in [0.29, 0.717) is 5.56 Å². The number of benzene rings is 2. The molecule has 0 N–H and O–H groups in total. The summed E-state index contributed by atoms with van der Waals surface area (Å²) in [5, 5.41) is 9.06. The fraction of sp³-hybridized carbons (Fsp3) is 0.222. The van der Waals surface area contributed by atoms with E-state index >= 15 is 0 Å². The molecule has 0 aliphatic carbocycles. The summed E-state index contributed by atoms with van der Waals surface area (Å²) in [6, 6.07) is 11.3. The molecule has 27 heavy (non-hydrogen) atoms. The van der Waals surface area contributed by atoms with Crippen LogP contribution in [-0.2, 0) is 10.0 Å². The van der Waals surface area contributed by atoms with Crippen molar-refractivity contribution >= 4 is 27.5 Å². The van der Waals surface area contributed by atoms with Gasteiger partial charge < -0.3 is 4.90 Å². The minimum Gasteiger partial charge on any atom is -0.336 e. The number of halogens is 2. The second kappa shape index (κ2) is 7.64. The maximum Gasteiger partial charge on any atom is 0.256 e. The molecule has 0 saturated carbocycles. The standard InChI is InChI=1S/C18H15ClFN3O3S/c19-14-3-6-17(20)16(11-14)18(24)22-7-9-23(10-8-22)27(25,26)15-4-1-13(12-21)2-5-15/h1-6,11H,7-10H2. The van der Waals surface area contributed by atoms with Gasteiger partial charge in [0.05, 0.1) is 22.1 Å². The predicted molar refractivity (Wildman–Crippen MR) is 97.2 cm³/mol. The van der Waals surface area contributed by atoms with E-state index in [1.54, 1.807) is 0 Å². The predicted octanol–water partition coefficient (Wildman–Crippen LogP) is 2.50. The zero-order valence-corrected chi connectivity index (χ0v) is 15.7. The smallest absolute Gasteiger partial charge is 0.256 e. The number of nitriles is 1. The van der Waals surface area contributed by atoms with E-state index < -0.39 is 21.7 Å². The molecule has 0 atom stereocenters. The second-order valence-electron chi connectivity index (χ2n) is 5.96. The summed E-state index contributed by atoms with van der Waals surface area (Å²) >= 11 is 5.83. The molecule has 0 bridgehead atoms. The van der Waals surface area contributed by atoms with Gasteiger partial charge in [0, 0.05) is 31.2 Å². The topological polar surface area (TPSA) is 81.5 Å². The van der Waals surface area contributed by atoms with E-state index in [0.717, 1.165) is 6.07 Å². The van der Waals surface area contributed by atoms with Gasteiger partial charge in [0.2, 0.25) is 10.0 Å². The third-order valence-corrected chi connectivity index (χ3v) is 6.45. The molecule has 6 nitrogen and oxygen atoms in total. The quantitative estimate of drug-likeness (QED) is 0.782. The van der Waals surface area contributed by atoms with Crippen molar-refractivity contribution in [1.82, 2.24) is 9.21 Å². The molecule has 2 aromatic carbocycles. The molecule has 1 amide bonds. The Bertz CT molecular complexity index is 1010. The summed E-state index contributed by atoms with van der Waals surface area (Å²) in [7, 11) is -3.72. The first-order valence-corrected chi connectivity index (χ1v) is 9.89. The van der Waals surface area contributed by atoms with E-state index in [1.807, 2.05) is 6.07 Å². The Morgan fingerprint density at radius 1 is 1.07 bits per heavy atom. The molecule has 1 heterocycles. The summed E-state index contributed by atoms with van der Waals surface area (Å²) in [4.78, 5) is 14.0. The van der Waals surface area contributed by atoms with Gasteiger partial charge in [0.15, 0.2) is 0 Å². The molecular formula is C18H15ClFN3O3S. The molecule has 3 rings (SSSR count). The van der Waals surface area contributed by atoms with Gasteiger partial charge in [-0.25, -0.2) is 12.8 Å². The number of carbonyl (C=O) groups excluding carboxylic acids is 1. The number of nitrogens with zero attached hydrogens (tertiary/aromatic N) is 3. The van der Waals surface area contributed by atoms with E-state index in [2.05, 4.69) is 0 Å². The average Bonchev–Trinajstić information content (AvgIpc) is 2.69. The highest BCUT2D eigenvalue weighted by Crippen LogP contribution is 2.21. The van der Waals surface area contributed by atoms with Crippen LogP contribution in [0.4, 0.5) is 4.39 Å². The van der Waals surface area contributed by atoms with Crippen LogP contribution < -0.4 is 0 Å². The molecule has 2 aromatic rings.